The molecule has 2 N–H and O–H groups in total. The molecule has 0 radical (unpaired) electrons. The molecule has 0 saturated heterocycles. The third kappa shape index (κ3) is 2.25. The van der Waals surface area contributed by atoms with E-state index in [-0.39, 0.29) is 5.82 Å². The summed E-state index contributed by atoms with van der Waals surface area (Å²) in [4.78, 5) is 11.9. The molecule has 2 aromatic rings. The second-order valence-electron chi connectivity index (χ2n) is 5.12. The van der Waals surface area contributed by atoms with E-state index in [0.29, 0.717) is 29.1 Å². The molecule has 0 amide bonds. The van der Waals surface area contributed by atoms with Crippen molar-refractivity contribution in [2.24, 2.45) is 0 Å². The van der Waals surface area contributed by atoms with E-state index in [9.17, 15) is 14.3 Å². The Labute approximate surface area is 126 Å². The maximum absolute atomic E-state index is 13.3. The van der Waals surface area contributed by atoms with Gasteiger partial charge in [0.1, 0.15) is 5.82 Å². The van der Waals surface area contributed by atoms with Crippen LogP contribution in [0, 0.1) is 5.82 Å². The van der Waals surface area contributed by atoms with E-state index in [0.717, 1.165) is 5.56 Å². The van der Waals surface area contributed by atoms with Gasteiger partial charge >= 0.3 is 5.97 Å². The highest BCUT2D eigenvalue weighted by Crippen LogP contribution is 2.41. The van der Waals surface area contributed by atoms with Crippen molar-refractivity contribution >= 4 is 23.3 Å². The minimum absolute atomic E-state index is 0.354. The first-order valence-corrected chi connectivity index (χ1v) is 6.96. The van der Waals surface area contributed by atoms with Gasteiger partial charge in [0.15, 0.2) is 5.54 Å². The maximum Gasteiger partial charge on any atom is 0.334 e. The molecule has 0 aliphatic heterocycles. The van der Waals surface area contributed by atoms with Crippen molar-refractivity contribution in [3.05, 3.63) is 64.4 Å². The smallest absolute Gasteiger partial charge is 0.334 e. The average molecular weight is 306 g/mol. The van der Waals surface area contributed by atoms with E-state index in [1.54, 1.807) is 24.3 Å². The lowest BCUT2D eigenvalue weighted by Crippen LogP contribution is -2.41. The van der Waals surface area contributed by atoms with E-state index < -0.39 is 11.5 Å². The van der Waals surface area contributed by atoms with E-state index in [1.165, 1.54) is 18.2 Å². The van der Waals surface area contributed by atoms with Crippen molar-refractivity contribution in [2.45, 2.75) is 18.4 Å². The molecule has 0 fully saturated rings. The van der Waals surface area contributed by atoms with E-state index >= 15 is 0 Å². The Balaban J connectivity index is 2.08. The molecule has 0 heterocycles. The molecule has 3 rings (SSSR count). The Morgan fingerprint density at radius 1 is 1.29 bits per heavy atom. The van der Waals surface area contributed by atoms with Crippen LogP contribution in [0.2, 0.25) is 5.02 Å². The van der Waals surface area contributed by atoms with Crippen LogP contribution < -0.4 is 5.32 Å². The fourth-order valence-electron chi connectivity index (χ4n) is 2.84. The Hall–Kier alpha value is -2.07. The van der Waals surface area contributed by atoms with Crippen molar-refractivity contribution in [2.75, 3.05) is 5.32 Å². The van der Waals surface area contributed by atoms with Crippen LogP contribution in [0.25, 0.3) is 0 Å². The molecule has 21 heavy (non-hydrogen) atoms. The summed E-state index contributed by atoms with van der Waals surface area (Å²) >= 11 is 6.11. The summed E-state index contributed by atoms with van der Waals surface area (Å²) in [6.07, 6.45) is 0.864. The number of rotatable bonds is 3. The number of nitrogens with one attached hydrogen (secondary N) is 1. The van der Waals surface area contributed by atoms with Crippen molar-refractivity contribution < 1.29 is 14.3 Å². The number of aryl methyl sites for hydroxylation is 1. The predicted octanol–water partition coefficient (Wildman–Crippen LogP) is 3.82. The zero-order chi connectivity index (χ0) is 15.0. The second kappa shape index (κ2) is 5.04. The number of carboxylic acid groups (broad SMARTS) is 1. The number of carbonyl (C=O) groups is 1. The van der Waals surface area contributed by atoms with E-state index in [1.807, 2.05) is 0 Å². The topological polar surface area (TPSA) is 49.3 Å². The zero-order valence-electron chi connectivity index (χ0n) is 11.1. The fourth-order valence-corrected chi connectivity index (χ4v) is 3.02. The lowest BCUT2D eigenvalue weighted by Gasteiger charge is -2.28. The Morgan fingerprint density at radius 2 is 2.05 bits per heavy atom. The average Bonchev–Trinajstić information content (AvgIpc) is 2.81. The lowest BCUT2D eigenvalue weighted by atomic mass is 9.91. The van der Waals surface area contributed by atoms with Crippen molar-refractivity contribution in [3.63, 3.8) is 0 Å². The number of para-hydroxylation sites is 1. The maximum atomic E-state index is 13.3. The molecule has 0 bridgehead atoms. The van der Waals surface area contributed by atoms with Gasteiger partial charge in [0.2, 0.25) is 0 Å². The van der Waals surface area contributed by atoms with Gasteiger partial charge in [-0.25, -0.2) is 9.18 Å². The summed E-state index contributed by atoms with van der Waals surface area (Å²) in [5, 5.41) is 13.2. The van der Waals surface area contributed by atoms with Crippen molar-refractivity contribution in [1.29, 1.82) is 0 Å². The van der Waals surface area contributed by atoms with Gasteiger partial charge in [-0.15, -0.1) is 0 Å². The molecule has 0 aromatic heterocycles. The standard InChI is InChI=1S/C16H13ClFNO2/c17-13-3-1-2-4-14(13)19-16(15(20)21)8-7-10-9-11(18)5-6-12(10)16/h1-6,9,19H,7-8H2,(H,20,21). The number of aliphatic carboxylic acids is 1. The van der Waals surface area contributed by atoms with Gasteiger partial charge in [-0.1, -0.05) is 29.8 Å². The number of fused-ring (bicyclic) bond motifs is 1. The van der Waals surface area contributed by atoms with Crippen LogP contribution in [-0.2, 0) is 16.8 Å². The summed E-state index contributed by atoms with van der Waals surface area (Å²) in [5.74, 6) is -1.35. The van der Waals surface area contributed by atoms with Crippen LogP contribution in [-0.4, -0.2) is 11.1 Å². The summed E-state index contributed by atoms with van der Waals surface area (Å²) in [7, 11) is 0. The summed E-state index contributed by atoms with van der Waals surface area (Å²) in [6, 6.07) is 11.2. The van der Waals surface area contributed by atoms with Gasteiger partial charge in [0.25, 0.3) is 0 Å². The first-order chi connectivity index (χ1) is 10.0. The van der Waals surface area contributed by atoms with Gasteiger partial charge in [-0.05, 0) is 48.2 Å². The van der Waals surface area contributed by atoms with Gasteiger partial charge in [0, 0.05) is 0 Å². The van der Waals surface area contributed by atoms with Crippen LogP contribution in [0.5, 0.6) is 0 Å². The predicted molar refractivity (Wildman–Crippen MR) is 79.1 cm³/mol. The second-order valence-corrected chi connectivity index (χ2v) is 5.52. The number of benzene rings is 2. The minimum atomic E-state index is -1.27. The monoisotopic (exact) mass is 305 g/mol. The Morgan fingerprint density at radius 3 is 2.76 bits per heavy atom. The summed E-state index contributed by atoms with van der Waals surface area (Å²) in [6.45, 7) is 0. The highest BCUT2D eigenvalue weighted by atomic mass is 35.5. The number of hydrogen-bond acceptors (Lipinski definition) is 2. The summed E-state index contributed by atoms with van der Waals surface area (Å²) < 4.78 is 13.3. The van der Waals surface area contributed by atoms with Gasteiger partial charge in [0.05, 0.1) is 10.7 Å². The molecule has 1 aliphatic rings. The van der Waals surface area contributed by atoms with Crippen LogP contribution >= 0.6 is 11.6 Å². The SMILES string of the molecule is O=C(O)C1(Nc2ccccc2Cl)CCc2cc(F)ccc21. The molecule has 1 aliphatic carbocycles. The van der Waals surface area contributed by atoms with Crippen LogP contribution in [0.1, 0.15) is 17.5 Å². The van der Waals surface area contributed by atoms with Gasteiger partial charge in [-0.2, -0.15) is 0 Å². The Kier molecular flexibility index (Phi) is 3.33. The third-order valence-electron chi connectivity index (χ3n) is 3.88. The lowest BCUT2D eigenvalue weighted by molar-refractivity contribution is -0.142. The molecule has 1 unspecified atom stereocenters. The highest BCUT2D eigenvalue weighted by Gasteiger charge is 2.46. The number of halogens is 2. The molecule has 5 heteroatoms. The normalized spacial score (nSPS) is 20.1. The van der Waals surface area contributed by atoms with Crippen molar-refractivity contribution in [3.8, 4) is 0 Å². The van der Waals surface area contributed by atoms with Crippen LogP contribution in [0.4, 0.5) is 10.1 Å². The number of carboxylic acids is 1. The quantitative estimate of drug-likeness (QED) is 0.906. The van der Waals surface area contributed by atoms with Gasteiger partial charge < -0.3 is 10.4 Å². The molecule has 1 atom stereocenters. The molecule has 0 saturated carbocycles. The van der Waals surface area contributed by atoms with E-state index in [2.05, 4.69) is 5.32 Å². The molecule has 2 aromatic carbocycles. The van der Waals surface area contributed by atoms with Crippen molar-refractivity contribution in [1.82, 2.24) is 0 Å². The first kappa shape index (κ1) is 13.9. The highest BCUT2D eigenvalue weighted by molar-refractivity contribution is 6.33. The number of anilines is 1. The first-order valence-electron chi connectivity index (χ1n) is 6.58. The van der Waals surface area contributed by atoms with Gasteiger partial charge in [-0.3, -0.25) is 0 Å². The molecular formula is C16H13ClFNO2. The summed E-state index contributed by atoms with van der Waals surface area (Å²) in [5.41, 5.74) is 0.598. The minimum Gasteiger partial charge on any atom is -0.479 e. The molecule has 3 nitrogen and oxygen atoms in total. The fraction of sp³-hybridized carbons (Fsp3) is 0.188. The largest absolute Gasteiger partial charge is 0.479 e. The molecule has 0 spiro atoms. The van der Waals surface area contributed by atoms with Crippen LogP contribution in [0.15, 0.2) is 42.5 Å². The molecular weight excluding hydrogens is 293 g/mol. The van der Waals surface area contributed by atoms with E-state index in [4.69, 9.17) is 11.6 Å². The molecule has 108 valence electrons. The number of hydrogen-bond donors (Lipinski definition) is 2. The zero-order valence-corrected chi connectivity index (χ0v) is 11.8. The Bertz CT molecular complexity index is 719. The third-order valence-corrected chi connectivity index (χ3v) is 4.21. The van der Waals surface area contributed by atoms with Crippen LogP contribution in [0.3, 0.4) is 0 Å².